The fourth-order valence-electron chi connectivity index (χ4n) is 1.73. The van der Waals surface area contributed by atoms with Gasteiger partial charge in [-0.05, 0) is 29.8 Å². The first kappa shape index (κ1) is 13.0. The number of nitrogens with two attached hydrogens (primary N) is 1. The van der Waals surface area contributed by atoms with Gasteiger partial charge in [-0.1, -0.05) is 23.7 Å². The molecule has 2 aromatic rings. The van der Waals surface area contributed by atoms with Crippen LogP contribution in [0.15, 0.2) is 42.6 Å². The van der Waals surface area contributed by atoms with Crippen molar-refractivity contribution in [2.45, 2.75) is 12.5 Å². The second-order valence-corrected chi connectivity index (χ2v) is 4.33. The molecule has 0 saturated carbocycles. The SMILES string of the molecule is NNC(Cc1ccccn1)c1ccc(Cl)c(F)c1. The predicted octanol–water partition coefficient (Wildman–Crippen LogP) is 2.62. The van der Waals surface area contributed by atoms with Crippen molar-refractivity contribution in [3.8, 4) is 0 Å². The number of rotatable bonds is 4. The van der Waals surface area contributed by atoms with Crippen LogP contribution in [0.1, 0.15) is 17.3 Å². The fraction of sp³-hybridized carbons (Fsp3) is 0.154. The van der Waals surface area contributed by atoms with E-state index in [9.17, 15) is 4.39 Å². The summed E-state index contributed by atoms with van der Waals surface area (Å²) in [7, 11) is 0. The molecule has 3 N–H and O–H groups in total. The van der Waals surface area contributed by atoms with Gasteiger partial charge in [0.2, 0.25) is 0 Å². The van der Waals surface area contributed by atoms with Gasteiger partial charge in [0, 0.05) is 18.3 Å². The standard InChI is InChI=1S/C13H13ClFN3/c14-11-5-4-9(7-12(11)15)13(18-16)8-10-3-1-2-6-17-10/h1-7,13,18H,8,16H2. The average molecular weight is 266 g/mol. The summed E-state index contributed by atoms with van der Waals surface area (Å²) in [5, 5.41) is 0.104. The monoisotopic (exact) mass is 265 g/mol. The Hall–Kier alpha value is -1.49. The van der Waals surface area contributed by atoms with E-state index in [0.717, 1.165) is 11.3 Å². The molecule has 0 saturated heterocycles. The summed E-state index contributed by atoms with van der Waals surface area (Å²) >= 11 is 5.65. The smallest absolute Gasteiger partial charge is 0.142 e. The quantitative estimate of drug-likeness (QED) is 0.660. The molecule has 0 aliphatic rings. The second-order valence-electron chi connectivity index (χ2n) is 3.92. The molecule has 1 aromatic heterocycles. The van der Waals surface area contributed by atoms with Crippen molar-refractivity contribution in [3.05, 3.63) is 64.7 Å². The lowest BCUT2D eigenvalue weighted by Crippen LogP contribution is -2.29. The van der Waals surface area contributed by atoms with E-state index in [1.165, 1.54) is 12.1 Å². The molecular weight excluding hydrogens is 253 g/mol. The van der Waals surface area contributed by atoms with E-state index in [1.807, 2.05) is 18.2 Å². The number of nitrogens with one attached hydrogen (secondary N) is 1. The van der Waals surface area contributed by atoms with Crippen LogP contribution in [0.25, 0.3) is 0 Å². The topological polar surface area (TPSA) is 50.9 Å². The molecule has 0 aliphatic heterocycles. The highest BCUT2D eigenvalue weighted by molar-refractivity contribution is 6.30. The highest BCUT2D eigenvalue weighted by Gasteiger charge is 2.13. The van der Waals surface area contributed by atoms with E-state index >= 15 is 0 Å². The number of hydrogen-bond acceptors (Lipinski definition) is 3. The average Bonchev–Trinajstić information content (AvgIpc) is 2.40. The number of nitrogens with zero attached hydrogens (tertiary/aromatic N) is 1. The number of aromatic nitrogens is 1. The minimum atomic E-state index is -0.449. The summed E-state index contributed by atoms with van der Waals surface area (Å²) in [4.78, 5) is 4.22. The Kier molecular flexibility index (Phi) is 4.25. The van der Waals surface area contributed by atoms with Gasteiger partial charge in [-0.15, -0.1) is 0 Å². The maximum absolute atomic E-state index is 13.4. The van der Waals surface area contributed by atoms with Crippen molar-refractivity contribution < 1.29 is 4.39 Å². The van der Waals surface area contributed by atoms with Crippen molar-refractivity contribution in [2.24, 2.45) is 5.84 Å². The minimum absolute atomic E-state index is 0.104. The molecule has 2 rings (SSSR count). The number of hydrazine groups is 1. The highest BCUT2D eigenvalue weighted by atomic mass is 35.5. The molecule has 0 spiro atoms. The van der Waals surface area contributed by atoms with Gasteiger partial charge in [0.25, 0.3) is 0 Å². The molecule has 1 unspecified atom stereocenters. The largest absolute Gasteiger partial charge is 0.271 e. The van der Waals surface area contributed by atoms with Gasteiger partial charge in [0.05, 0.1) is 11.1 Å². The summed E-state index contributed by atoms with van der Waals surface area (Å²) in [5.41, 5.74) is 4.29. The van der Waals surface area contributed by atoms with Crippen molar-refractivity contribution >= 4 is 11.6 Å². The number of pyridine rings is 1. The van der Waals surface area contributed by atoms with Gasteiger partial charge in [-0.3, -0.25) is 16.3 Å². The first-order valence-electron chi connectivity index (χ1n) is 5.51. The zero-order valence-electron chi connectivity index (χ0n) is 9.61. The van der Waals surface area contributed by atoms with Crippen molar-refractivity contribution in [1.82, 2.24) is 10.4 Å². The Morgan fingerprint density at radius 1 is 1.33 bits per heavy atom. The van der Waals surface area contributed by atoms with Crippen LogP contribution < -0.4 is 11.3 Å². The summed E-state index contributed by atoms with van der Waals surface area (Å²) in [5.74, 6) is 5.06. The Labute approximate surface area is 110 Å². The van der Waals surface area contributed by atoms with Gasteiger partial charge < -0.3 is 0 Å². The summed E-state index contributed by atoms with van der Waals surface area (Å²) in [6, 6.07) is 10.1. The van der Waals surface area contributed by atoms with Crippen LogP contribution in [0.5, 0.6) is 0 Å². The van der Waals surface area contributed by atoms with Crippen molar-refractivity contribution in [1.29, 1.82) is 0 Å². The normalized spacial score (nSPS) is 12.4. The van der Waals surface area contributed by atoms with Crippen LogP contribution in [0.3, 0.4) is 0 Å². The van der Waals surface area contributed by atoms with Gasteiger partial charge in [0.15, 0.2) is 0 Å². The third-order valence-corrected chi connectivity index (χ3v) is 2.99. The van der Waals surface area contributed by atoms with Crippen LogP contribution in [-0.2, 0) is 6.42 Å². The lowest BCUT2D eigenvalue weighted by molar-refractivity contribution is 0.539. The van der Waals surface area contributed by atoms with Crippen LogP contribution >= 0.6 is 11.6 Å². The highest BCUT2D eigenvalue weighted by Crippen LogP contribution is 2.22. The van der Waals surface area contributed by atoms with Crippen LogP contribution in [0.2, 0.25) is 5.02 Å². The molecule has 3 nitrogen and oxygen atoms in total. The predicted molar refractivity (Wildman–Crippen MR) is 69.4 cm³/mol. The third-order valence-electron chi connectivity index (χ3n) is 2.69. The molecule has 0 bridgehead atoms. The van der Waals surface area contributed by atoms with E-state index in [4.69, 9.17) is 17.4 Å². The maximum atomic E-state index is 13.4. The molecule has 1 atom stereocenters. The minimum Gasteiger partial charge on any atom is -0.271 e. The summed E-state index contributed by atoms with van der Waals surface area (Å²) < 4.78 is 13.4. The lowest BCUT2D eigenvalue weighted by Gasteiger charge is -2.16. The number of hydrogen-bond donors (Lipinski definition) is 2. The number of halogens is 2. The van der Waals surface area contributed by atoms with Crippen molar-refractivity contribution in [2.75, 3.05) is 0 Å². The van der Waals surface area contributed by atoms with E-state index in [0.29, 0.717) is 6.42 Å². The van der Waals surface area contributed by atoms with Crippen LogP contribution in [0.4, 0.5) is 4.39 Å². The van der Waals surface area contributed by atoms with Crippen molar-refractivity contribution in [3.63, 3.8) is 0 Å². The molecule has 5 heteroatoms. The van der Waals surface area contributed by atoms with Gasteiger partial charge in [-0.25, -0.2) is 4.39 Å². The Bertz CT molecular complexity index is 519. The van der Waals surface area contributed by atoms with E-state index in [1.54, 1.807) is 12.3 Å². The second kappa shape index (κ2) is 5.91. The fourth-order valence-corrected chi connectivity index (χ4v) is 1.85. The van der Waals surface area contributed by atoms with Crippen LogP contribution in [0, 0.1) is 5.82 Å². The molecule has 1 heterocycles. The van der Waals surface area contributed by atoms with E-state index in [-0.39, 0.29) is 11.1 Å². The maximum Gasteiger partial charge on any atom is 0.142 e. The molecule has 1 aromatic carbocycles. The molecular formula is C13H13ClFN3. The van der Waals surface area contributed by atoms with E-state index < -0.39 is 5.82 Å². The summed E-state index contributed by atoms with van der Waals surface area (Å²) in [6.07, 6.45) is 2.30. The molecule has 94 valence electrons. The van der Waals surface area contributed by atoms with Gasteiger partial charge in [0.1, 0.15) is 5.82 Å². The molecule has 18 heavy (non-hydrogen) atoms. The van der Waals surface area contributed by atoms with Crippen LogP contribution in [-0.4, -0.2) is 4.98 Å². The molecule has 0 amide bonds. The zero-order valence-corrected chi connectivity index (χ0v) is 10.4. The summed E-state index contributed by atoms with van der Waals surface area (Å²) in [6.45, 7) is 0. The zero-order chi connectivity index (χ0) is 13.0. The van der Waals surface area contributed by atoms with Gasteiger partial charge >= 0.3 is 0 Å². The molecule has 0 fully saturated rings. The first-order valence-corrected chi connectivity index (χ1v) is 5.89. The lowest BCUT2D eigenvalue weighted by atomic mass is 10.0. The van der Waals surface area contributed by atoms with E-state index in [2.05, 4.69) is 10.4 Å². The third kappa shape index (κ3) is 3.04. The Morgan fingerprint density at radius 2 is 2.17 bits per heavy atom. The molecule has 0 aliphatic carbocycles. The number of benzene rings is 1. The first-order chi connectivity index (χ1) is 8.70. The molecule has 0 radical (unpaired) electrons. The van der Waals surface area contributed by atoms with Gasteiger partial charge in [-0.2, -0.15) is 0 Å². The Morgan fingerprint density at radius 3 is 2.78 bits per heavy atom. The Balaban J connectivity index is 2.20.